The smallest absolute Gasteiger partial charge is 0.295 e. The molecule has 1 atom stereocenters. The lowest BCUT2D eigenvalue weighted by atomic mass is 9.85. The summed E-state index contributed by atoms with van der Waals surface area (Å²) in [6.07, 6.45) is 0. The van der Waals surface area contributed by atoms with Crippen LogP contribution in [0.25, 0.3) is 5.76 Å². The summed E-state index contributed by atoms with van der Waals surface area (Å²) in [7, 11) is 3.07. The zero-order valence-corrected chi connectivity index (χ0v) is 18.6. The number of ether oxygens (including phenoxy) is 2. The Morgan fingerprint density at radius 1 is 1.06 bits per heavy atom. The van der Waals surface area contributed by atoms with Gasteiger partial charge < -0.3 is 19.5 Å². The number of ketones is 1. The van der Waals surface area contributed by atoms with Gasteiger partial charge in [0.05, 0.1) is 25.3 Å². The molecule has 1 N–H and O–H groups in total. The van der Waals surface area contributed by atoms with Crippen molar-refractivity contribution in [3.05, 3.63) is 70.8 Å². The third kappa shape index (κ3) is 4.49. The SMILES string of the molecule is COCCN1C(=O)C(=O)C(=C(O)c2cccc(OC)c2)C1c1ccc(C(C)(C)C)cc1. The number of amides is 1. The van der Waals surface area contributed by atoms with Crippen molar-refractivity contribution < 1.29 is 24.2 Å². The van der Waals surface area contributed by atoms with E-state index in [0.717, 1.165) is 11.1 Å². The maximum absolute atomic E-state index is 13.0. The van der Waals surface area contributed by atoms with Gasteiger partial charge >= 0.3 is 0 Å². The van der Waals surface area contributed by atoms with Crippen molar-refractivity contribution in [2.24, 2.45) is 0 Å². The number of aliphatic hydroxyl groups excluding tert-OH is 1. The van der Waals surface area contributed by atoms with Gasteiger partial charge in [0.25, 0.3) is 11.7 Å². The number of nitrogens with zero attached hydrogens (tertiary/aromatic N) is 1. The normalized spacial score (nSPS) is 18.5. The number of hydrogen-bond acceptors (Lipinski definition) is 5. The fourth-order valence-electron chi connectivity index (χ4n) is 3.74. The van der Waals surface area contributed by atoms with Crippen molar-refractivity contribution in [1.82, 2.24) is 4.90 Å². The highest BCUT2D eigenvalue weighted by Gasteiger charge is 2.45. The third-order valence-electron chi connectivity index (χ3n) is 5.51. The molecular weight excluding hydrogens is 394 g/mol. The van der Waals surface area contributed by atoms with Crippen molar-refractivity contribution in [3.63, 3.8) is 0 Å². The molecule has 2 aromatic carbocycles. The second-order valence-corrected chi connectivity index (χ2v) is 8.59. The Balaban J connectivity index is 2.15. The first-order valence-corrected chi connectivity index (χ1v) is 10.2. The standard InChI is InChI=1S/C25H29NO5/c1-25(2,3)18-11-9-16(10-12-18)21-20(23(28)24(29)26(21)13-14-30-4)22(27)17-7-6-8-19(15-17)31-5/h6-12,15,21,27H,13-14H2,1-5H3. The molecule has 0 radical (unpaired) electrons. The minimum Gasteiger partial charge on any atom is -0.507 e. The van der Waals surface area contributed by atoms with Gasteiger partial charge in [-0.05, 0) is 28.7 Å². The van der Waals surface area contributed by atoms with Gasteiger partial charge in [0.1, 0.15) is 11.5 Å². The lowest BCUT2D eigenvalue weighted by Crippen LogP contribution is -2.32. The fourth-order valence-corrected chi connectivity index (χ4v) is 3.74. The largest absolute Gasteiger partial charge is 0.507 e. The van der Waals surface area contributed by atoms with E-state index in [0.29, 0.717) is 11.3 Å². The van der Waals surface area contributed by atoms with Gasteiger partial charge in [-0.3, -0.25) is 9.59 Å². The van der Waals surface area contributed by atoms with E-state index in [1.54, 1.807) is 31.4 Å². The highest BCUT2D eigenvalue weighted by molar-refractivity contribution is 6.46. The average molecular weight is 424 g/mol. The number of Topliss-reactive ketones (excluding diaryl/α,β-unsaturated/α-hetero) is 1. The Kier molecular flexibility index (Phi) is 6.51. The molecule has 0 aromatic heterocycles. The topological polar surface area (TPSA) is 76.1 Å². The Morgan fingerprint density at radius 3 is 2.32 bits per heavy atom. The van der Waals surface area contributed by atoms with E-state index in [-0.39, 0.29) is 29.9 Å². The summed E-state index contributed by atoms with van der Waals surface area (Å²) in [6.45, 7) is 6.88. The number of rotatable bonds is 6. The Hall–Kier alpha value is -3.12. The van der Waals surface area contributed by atoms with Crippen LogP contribution in [0.3, 0.4) is 0 Å². The zero-order valence-electron chi connectivity index (χ0n) is 18.6. The van der Waals surface area contributed by atoms with E-state index < -0.39 is 17.7 Å². The van der Waals surface area contributed by atoms with Crippen LogP contribution < -0.4 is 4.74 Å². The first-order valence-electron chi connectivity index (χ1n) is 10.2. The van der Waals surface area contributed by atoms with Crippen LogP contribution in [-0.4, -0.2) is 49.1 Å². The zero-order chi connectivity index (χ0) is 22.8. The van der Waals surface area contributed by atoms with Crippen LogP contribution in [0, 0.1) is 0 Å². The number of carbonyl (C=O) groups is 2. The molecule has 6 heteroatoms. The quantitative estimate of drug-likeness (QED) is 0.431. The molecule has 0 aliphatic carbocycles. The molecule has 1 aliphatic heterocycles. The second kappa shape index (κ2) is 8.94. The molecular formula is C25H29NO5. The predicted molar refractivity (Wildman–Crippen MR) is 119 cm³/mol. The summed E-state index contributed by atoms with van der Waals surface area (Å²) in [5.74, 6) is -1.03. The molecule has 1 fully saturated rings. The summed E-state index contributed by atoms with van der Waals surface area (Å²) in [5, 5.41) is 11.1. The van der Waals surface area contributed by atoms with Crippen LogP contribution in [0.5, 0.6) is 5.75 Å². The minimum absolute atomic E-state index is 0.0308. The van der Waals surface area contributed by atoms with Crippen LogP contribution in [0.4, 0.5) is 0 Å². The third-order valence-corrected chi connectivity index (χ3v) is 5.51. The monoisotopic (exact) mass is 423 g/mol. The summed E-state index contributed by atoms with van der Waals surface area (Å²) in [6, 6.07) is 13.9. The van der Waals surface area contributed by atoms with Gasteiger partial charge in [0, 0.05) is 19.2 Å². The van der Waals surface area contributed by atoms with Crippen LogP contribution >= 0.6 is 0 Å². The first kappa shape index (κ1) is 22.6. The van der Waals surface area contributed by atoms with Crippen LogP contribution in [0.15, 0.2) is 54.1 Å². The lowest BCUT2D eigenvalue weighted by molar-refractivity contribution is -0.140. The lowest BCUT2D eigenvalue weighted by Gasteiger charge is -2.26. The molecule has 0 bridgehead atoms. The summed E-state index contributed by atoms with van der Waals surface area (Å²) in [4.78, 5) is 27.3. The van der Waals surface area contributed by atoms with E-state index >= 15 is 0 Å². The Bertz CT molecular complexity index is 1000. The molecule has 1 unspecified atom stereocenters. The molecule has 164 valence electrons. The molecule has 0 saturated carbocycles. The van der Waals surface area contributed by atoms with Crippen LogP contribution in [-0.2, 0) is 19.7 Å². The Labute approximate surface area is 183 Å². The van der Waals surface area contributed by atoms with Gasteiger partial charge in [0.15, 0.2) is 0 Å². The van der Waals surface area contributed by atoms with Gasteiger partial charge in [-0.15, -0.1) is 0 Å². The molecule has 31 heavy (non-hydrogen) atoms. The van der Waals surface area contributed by atoms with Crippen molar-refractivity contribution in [1.29, 1.82) is 0 Å². The van der Waals surface area contributed by atoms with Crippen LogP contribution in [0.1, 0.15) is 43.5 Å². The number of aliphatic hydroxyl groups is 1. The highest BCUT2D eigenvalue weighted by atomic mass is 16.5. The van der Waals surface area contributed by atoms with Crippen molar-refractivity contribution in [2.45, 2.75) is 32.2 Å². The molecule has 1 saturated heterocycles. The minimum atomic E-state index is -0.707. The van der Waals surface area contributed by atoms with Crippen molar-refractivity contribution >= 4 is 17.4 Å². The molecule has 3 rings (SSSR count). The highest BCUT2D eigenvalue weighted by Crippen LogP contribution is 2.40. The van der Waals surface area contributed by atoms with E-state index in [2.05, 4.69) is 20.8 Å². The molecule has 1 heterocycles. The van der Waals surface area contributed by atoms with E-state index in [1.807, 2.05) is 24.3 Å². The van der Waals surface area contributed by atoms with Crippen molar-refractivity contribution in [3.8, 4) is 5.75 Å². The van der Waals surface area contributed by atoms with Gasteiger partial charge in [0.2, 0.25) is 0 Å². The number of likely N-dealkylation sites (tertiary alicyclic amines) is 1. The maximum Gasteiger partial charge on any atom is 0.295 e. The van der Waals surface area contributed by atoms with Gasteiger partial charge in [-0.2, -0.15) is 0 Å². The number of methoxy groups -OCH3 is 2. The number of hydrogen-bond donors (Lipinski definition) is 1. The fraction of sp³-hybridized carbons (Fsp3) is 0.360. The number of carbonyl (C=O) groups excluding carboxylic acids is 2. The summed E-state index contributed by atoms with van der Waals surface area (Å²) in [5.41, 5.74) is 2.35. The maximum atomic E-state index is 13.0. The van der Waals surface area contributed by atoms with E-state index in [9.17, 15) is 14.7 Å². The van der Waals surface area contributed by atoms with Gasteiger partial charge in [-0.25, -0.2) is 0 Å². The Morgan fingerprint density at radius 2 is 1.74 bits per heavy atom. The molecule has 1 amide bonds. The summed E-state index contributed by atoms with van der Waals surface area (Å²) < 4.78 is 10.4. The molecule has 1 aliphatic rings. The average Bonchev–Trinajstić information content (AvgIpc) is 3.01. The first-order chi connectivity index (χ1) is 14.7. The molecule has 6 nitrogen and oxygen atoms in total. The van der Waals surface area contributed by atoms with Gasteiger partial charge in [-0.1, -0.05) is 57.2 Å². The second-order valence-electron chi connectivity index (χ2n) is 8.59. The van der Waals surface area contributed by atoms with E-state index in [1.165, 1.54) is 12.0 Å². The number of benzene rings is 2. The van der Waals surface area contributed by atoms with Crippen molar-refractivity contribution in [2.75, 3.05) is 27.4 Å². The van der Waals surface area contributed by atoms with Crippen LogP contribution in [0.2, 0.25) is 0 Å². The predicted octanol–water partition coefficient (Wildman–Crippen LogP) is 4.06. The van der Waals surface area contributed by atoms with E-state index in [4.69, 9.17) is 9.47 Å². The molecule has 0 spiro atoms. The summed E-state index contributed by atoms with van der Waals surface area (Å²) >= 11 is 0. The molecule has 2 aromatic rings.